The van der Waals surface area contributed by atoms with E-state index in [0.29, 0.717) is 10.8 Å². The number of aliphatic hydroxyl groups excluding tert-OH is 1. The lowest BCUT2D eigenvalue weighted by atomic mass is 9.81. The van der Waals surface area contributed by atoms with Crippen molar-refractivity contribution in [1.82, 2.24) is 15.5 Å². The lowest BCUT2D eigenvalue weighted by molar-refractivity contribution is -0.118. The van der Waals surface area contributed by atoms with E-state index >= 15 is 0 Å². The van der Waals surface area contributed by atoms with Crippen molar-refractivity contribution in [1.29, 1.82) is 0 Å². The first kappa shape index (κ1) is 20.8. The van der Waals surface area contributed by atoms with Gasteiger partial charge < -0.3 is 15.7 Å². The summed E-state index contributed by atoms with van der Waals surface area (Å²) in [4.78, 5) is 12.5. The lowest BCUT2D eigenvalue weighted by Gasteiger charge is -2.30. The Balaban J connectivity index is 1.63. The molecule has 0 radical (unpaired) electrons. The van der Waals surface area contributed by atoms with Crippen LogP contribution in [0.3, 0.4) is 0 Å². The van der Waals surface area contributed by atoms with Gasteiger partial charge in [-0.1, -0.05) is 50.4 Å². The number of aliphatic hydroxyl groups is 1. The molecule has 1 aromatic carbocycles. The molecule has 2 aromatic rings. The molecular weight excluding hydrogens is 376 g/mol. The van der Waals surface area contributed by atoms with Gasteiger partial charge in [-0.2, -0.15) is 5.10 Å². The molecule has 152 valence electrons. The van der Waals surface area contributed by atoms with Gasteiger partial charge in [0, 0.05) is 28.2 Å². The van der Waals surface area contributed by atoms with Crippen LogP contribution in [0.15, 0.2) is 30.3 Å². The molecule has 1 aliphatic carbocycles. The number of nitrogens with zero attached hydrogens (tertiary/aromatic N) is 1. The first-order valence-electron chi connectivity index (χ1n) is 9.84. The fourth-order valence-corrected chi connectivity index (χ4v) is 3.79. The highest BCUT2D eigenvalue weighted by atomic mass is 35.5. The Morgan fingerprint density at radius 2 is 1.96 bits per heavy atom. The number of halogens is 1. The summed E-state index contributed by atoms with van der Waals surface area (Å²) in [7, 11) is 0. The van der Waals surface area contributed by atoms with Gasteiger partial charge in [0.1, 0.15) is 0 Å². The number of aromatic nitrogens is 2. The van der Waals surface area contributed by atoms with Crippen LogP contribution in [0.4, 0.5) is 5.82 Å². The van der Waals surface area contributed by atoms with E-state index in [4.69, 9.17) is 11.6 Å². The van der Waals surface area contributed by atoms with Gasteiger partial charge in [-0.05, 0) is 37.5 Å². The van der Waals surface area contributed by atoms with E-state index in [-0.39, 0.29) is 23.5 Å². The number of H-pyrrole nitrogens is 1. The largest absolute Gasteiger partial charge is 0.392 e. The van der Waals surface area contributed by atoms with Gasteiger partial charge in [0.2, 0.25) is 5.91 Å². The molecule has 1 amide bonds. The zero-order chi connectivity index (χ0) is 20.3. The molecule has 0 bridgehead atoms. The number of carbonyl (C=O) groups excluding carboxylic acids is 1. The minimum Gasteiger partial charge on any atom is -0.392 e. The molecule has 0 spiro atoms. The second-order valence-corrected chi connectivity index (χ2v) is 8.57. The number of rotatable bonds is 6. The molecule has 4 N–H and O–H groups in total. The van der Waals surface area contributed by atoms with Crippen molar-refractivity contribution in [3.63, 3.8) is 0 Å². The smallest absolute Gasteiger partial charge is 0.242 e. The Hall–Kier alpha value is -1.89. The van der Waals surface area contributed by atoms with E-state index < -0.39 is 6.04 Å². The quantitative estimate of drug-likeness (QED) is 0.592. The fourth-order valence-electron chi connectivity index (χ4n) is 3.66. The van der Waals surface area contributed by atoms with E-state index in [0.717, 1.165) is 36.9 Å². The number of nitrogens with one attached hydrogen (secondary N) is 3. The van der Waals surface area contributed by atoms with Gasteiger partial charge in [-0.15, -0.1) is 0 Å². The maximum Gasteiger partial charge on any atom is 0.242 e. The summed E-state index contributed by atoms with van der Waals surface area (Å²) < 4.78 is 0. The van der Waals surface area contributed by atoms with Gasteiger partial charge in [0.25, 0.3) is 0 Å². The van der Waals surface area contributed by atoms with Crippen LogP contribution in [0, 0.1) is 0 Å². The Kier molecular flexibility index (Phi) is 6.43. The summed E-state index contributed by atoms with van der Waals surface area (Å²) in [6, 6.07) is 9.12. The average Bonchev–Trinajstić information content (AvgIpc) is 3.13. The molecular formula is C21H29ClN4O2. The third kappa shape index (κ3) is 4.74. The highest BCUT2D eigenvalue weighted by molar-refractivity contribution is 6.30. The number of aromatic amines is 1. The van der Waals surface area contributed by atoms with Crippen LogP contribution >= 0.6 is 11.6 Å². The van der Waals surface area contributed by atoms with E-state index in [9.17, 15) is 9.90 Å². The summed E-state index contributed by atoms with van der Waals surface area (Å²) in [5.74, 6) is 0.319. The number of anilines is 1. The van der Waals surface area contributed by atoms with Crippen molar-refractivity contribution in [2.24, 2.45) is 0 Å². The number of amides is 1. The standard InChI is InChI=1S/C21H29ClN4O2/c1-13(23-16-6-4-5-7-17(16)27)20(28)24-19-12-18(25-26-19)21(2,3)14-8-10-15(22)11-9-14/h8-13,16-17,23,27H,4-7H2,1-3H3,(H2,24,25,26,28)/t13-,16?,17?/m0/s1. The molecule has 0 aliphatic heterocycles. The highest BCUT2D eigenvalue weighted by Gasteiger charge is 2.28. The topological polar surface area (TPSA) is 90.0 Å². The minimum atomic E-state index is -0.415. The molecule has 28 heavy (non-hydrogen) atoms. The van der Waals surface area contributed by atoms with Crippen LogP contribution in [0.2, 0.25) is 5.02 Å². The van der Waals surface area contributed by atoms with Gasteiger partial charge in [-0.3, -0.25) is 9.89 Å². The molecule has 1 aliphatic rings. The number of hydrogen-bond donors (Lipinski definition) is 4. The third-order valence-electron chi connectivity index (χ3n) is 5.66. The van der Waals surface area contributed by atoms with Crippen molar-refractivity contribution in [2.45, 2.75) is 70.1 Å². The van der Waals surface area contributed by atoms with Crippen LogP contribution in [0.1, 0.15) is 57.7 Å². The first-order valence-corrected chi connectivity index (χ1v) is 10.2. The number of hydrogen-bond acceptors (Lipinski definition) is 4. The van der Waals surface area contributed by atoms with Crippen LogP contribution in [0.25, 0.3) is 0 Å². The zero-order valence-electron chi connectivity index (χ0n) is 16.6. The molecule has 6 nitrogen and oxygen atoms in total. The van der Waals surface area contributed by atoms with Gasteiger partial charge >= 0.3 is 0 Å². The number of benzene rings is 1. The van der Waals surface area contributed by atoms with Crippen molar-refractivity contribution in [3.8, 4) is 0 Å². The van der Waals surface area contributed by atoms with Gasteiger partial charge in [-0.25, -0.2) is 0 Å². The maximum atomic E-state index is 12.5. The molecule has 1 saturated carbocycles. The molecule has 3 rings (SSSR count). The molecule has 2 unspecified atom stereocenters. The maximum absolute atomic E-state index is 12.5. The van der Waals surface area contributed by atoms with Crippen LogP contribution < -0.4 is 10.6 Å². The Labute approximate surface area is 171 Å². The summed E-state index contributed by atoms with van der Waals surface area (Å²) in [6.45, 7) is 5.98. The zero-order valence-corrected chi connectivity index (χ0v) is 17.4. The van der Waals surface area contributed by atoms with Crippen molar-refractivity contribution in [2.75, 3.05) is 5.32 Å². The minimum absolute atomic E-state index is 0.0342. The Bertz CT molecular complexity index is 803. The van der Waals surface area contributed by atoms with E-state index in [1.165, 1.54) is 0 Å². The highest BCUT2D eigenvalue weighted by Crippen LogP contribution is 2.32. The summed E-state index contributed by atoms with van der Waals surface area (Å²) >= 11 is 5.99. The van der Waals surface area contributed by atoms with Crippen molar-refractivity contribution in [3.05, 3.63) is 46.6 Å². The summed E-state index contributed by atoms with van der Waals surface area (Å²) in [6.07, 6.45) is 3.40. The van der Waals surface area contributed by atoms with Gasteiger partial charge in [0.15, 0.2) is 5.82 Å². The van der Waals surface area contributed by atoms with E-state index in [2.05, 4.69) is 34.7 Å². The summed E-state index contributed by atoms with van der Waals surface area (Å²) in [5, 5.41) is 24.2. The first-order chi connectivity index (χ1) is 13.3. The Morgan fingerprint density at radius 3 is 2.64 bits per heavy atom. The predicted octanol–water partition coefficient (Wildman–Crippen LogP) is 3.61. The van der Waals surface area contributed by atoms with Crippen LogP contribution in [-0.2, 0) is 10.2 Å². The molecule has 1 fully saturated rings. The monoisotopic (exact) mass is 404 g/mol. The van der Waals surface area contributed by atoms with E-state index in [1.54, 1.807) is 0 Å². The fraction of sp³-hybridized carbons (Fsp3) is 0.524. The van der Waals surface area contributed by atoms with E-state index in [1.807, 2.05) is 37.3 Å². The SMILES string of the molecule is C[C@H](NC1CCCCC1O)C(=O)Nc1cc(C(C)(C)c2ccc(Cl)cc2)[nH]n1. The normalized spacial score (nSPS) is 21.3. The molecule has 7 heteroatoms. The Morgan fingerprint density at radius 1 is 1.29 bits per heavy atom. The second-order valence-electron chi connectivity index (χ2n) is 8.13. The van der Waals surface area contributed by atoms with Crippen molar-refractivity contribution < 1.29 is 9.90 Å². The van der Waals surface area contributed by atoms with Gasteiger partial charge in [0.05, 0.1) is 12.1 Å². The van der Waals surface area contributed by atoms with Crippen LogP contribution in [0.5, 0.6) is 0 Å². The number of carbonyl (C=O) groups is 1. The van der Waals surface area contributed by atoms with Crippen LogP contribution in [-0.4, -0.2) is 39.4 Å². The molecule has 1 aromatic heterocycles. The lowest BCUT2D eigenvalue weighted by Crippen LogP contribution is -2.50. The third-order valence-corrected chi connectivity index (χ3v) is 5.91. The average molecular weight is 405 g/mol. The molecule has 1 heterocycles. The molecule has 0 saturated heterocycles. The second kappa shape index (κ2) is 8.64. The predicted molar refractivity (Wildman–Crippen MR) is 112 cm³/mol. The van der Waals surface area contributed by atoms with Crippen molar-refractivity contribution >= 4 is 23.3 Å². The molecule has 3 atom stereocenters. The summed E-state index contributed by atoms with van der Waals surface area (Å²) in [5.41, 5.74) is 1.68.